The van der Waals surface area contributed by atoms with Gasteiger partial charge >= 0.3 is 0 Å². The molecule has 0 saturated heterocycles. The van der Waals surface area contributed by atoms with Crippen LogP contribution in [0, 0.1) is 18.1 Å². The summed E-state index contributed by atoms with van der Waals surface area (Å²) in [4.78, 5) is 13.3. The van der Waals surface area contributed by atoms with E-state index in [1.54, 1.807) is 0 Å². The summed E-state index contributed by atoms with van der Waals surface area (Å²) in [7, 11) is 0. The first-order valence-electron chi connectivity index (χ1n) is 14.4. The zero-order chi connectivity index (χ0) is 28.9. The van der Waals surface area contributed by atoms with Crippen LogP contribution in [0.5, 0.6) is 0 Å². The van der Waals surface area contributed by atoms with E-state index in [9.17, 15) is 0 Å². The second-order valence-corrected chi connectivity index (χ2v) is 11.6. The van der Waals surface area contributed by atoms with Gasteiger partial charge in [-0.05, 0) is 52.5 Å². The first-order chi connectivity index (χ1) is 20.5. The SMILES string of the molecule is CC(C)(C)c1cc[c-]c(-c2cc(-c3ccccn3)ccn2)c1.[Ir].[c-]1cc2c(cc1-c1ccccn1)C1C=CC=CC1C=C2. The Morgan fingerprint density at radius 1 is 0.674 bits per heavy atom. The predicted octanol–water partition coefficient (Wildman–Crippen LogP) is 9.31. The first kappa shape index (κ1) is 30.2. The van der Waals surface area contributed by atoms with Gasteiger partial charge < -0.3 is 9.97 Å². The van der Waals surface area contributed by atoms with Gasteiger partial charge in [-0.3, -0.25) is 4.98 Å². The zero-order valence-electron chi connectivity index (χ0n) is 24.5. The van der Waals surface area contributed by atoms with Gasteiger partial charge in [-0.25, -0.2) is 0 Å². The van der Waals surface area contributed by atoms with Crippen LogP contribution in [0.25, 0.3) is 39.8 Å². The Kier molecular flexibility index (Phi) is 9.40. The van der Waals surface area contributed by atoms with Gasteiger partial charge in [0, 0.05) is 44.6 Å². The number of hydrogen-bond acceptors (Lipinski definition) is 3. The van der Waals surface area contributed by atoms with E-state index in [4.69, 9.17) is 0 Å². The molecule has 5 aromatic rings. The number of benzene rings is 2. The van der Waals surface area contributed by atoms with Gasteiger partial charge in [0.1, 0.15) is 0 Å². The number of hydrogen-bond donors (Lipinski definition) is 0. The van der Waals surface area contributed by atoms with Gasteiger partial charge in [0.15, 0.2) is 0 Å². The molecule has 4 heteroatoms. The molecular weight excluding hydrogens is 703 g/mol. The molecule has 2 atom stereocenters. The monoisotopic (exact) mass is 736 g/mol. The summed E-state index contributed by atoms with van der Waals surface area (Å²) >= 11 is 0. The third-order valence-electron chi connectivity index (χ3n) is 7.66. The smallest absolute Gasteiger partial charge is 0.0695 e. The van der Waals surface area contributed by atoms with Gasteiger partial charge in [-0.2, -0.15) is 0 Å². The Morgan fingerprint density at radius 2 is 1.40 bits per heavy atom. The molecule has 3 nitrogen and oxygen atoms in total. The molecule has 215 valence electrons. The van der Waals surface area contributed by atoms with Crippen molar-refractivity contribution in [3.8, 4) is 33.8 Å². The van der Waals surface area contributed by atoms with E-state index >= 15 is 0 Å². The number of aromatic nitrogens is 3. The second-order valence-electron chi connectivity index (χ2n) is 11.6. The van der Waals surface area contributed by atoms with Gasteiger partial charge in [0.05, 0.1) is 5.69 Å². The maximum absolute atomic E-state index is 4.50. The van der Waals surface area contributed by atoms with Gasteiger partial charge in [0.25, 0.3) is 0 Å². The summed E-state index contributed by atoms with van der Waals surface area (Å²) in [6, 6.07) is 33.2. The van der Waals surface area contributed by atoms with Crippen LogP contribution in [0.2, 0.25) is 0 Å². The van der Waals surface area contributed by atoms with E-state index in [1.165, 1.54) is 16.7 Å². The van der Waals surface area contributed by atoms with E-state index in [2.05, 4.69) is 115 Å². The number of pyridine rings is 3. The van der Waals surface area contributed by atoms with E-state index in [0.717, 1.165) is 33.8 Å². The summed E-state index contributed by atoms with van der Waals surface area (Å²) in [5.74, 6) is 0.920. The molecule has 2 unspecified atom stereocenters. The Bertz CT molecular complexity index is 1770. The summed E-state index contributed by atoms with van der Waals surface area (Å²) in [5.41, 5.74) is 10.1. The minimum Gasteiger partial charge on any atom is -0.305 e. The van der Waals surface area contributed by atoms with Crippen molar-refractivity contribution in [2.75, 3.05) is 0 Å². The third kappa shape index (κ3) is 7.05. The standard InChI is InChI=1S/C20H19N2.C19H14N.Ir/c1-20(2,3)17-8-6-7-15(13-17)19-14-16(10-12-22-19)18-9-4-5-11-21-18;1-2-6-17-14(5-1)8-9-15-10-11-16(13-18(15)17)19-7-3-4-12-20-19;/h4-6,8-14H,1-3H3;1-10,12-14,17H;/q2*-1;. The van der Waals surface area contributed by atoms with Crippen LogP contribution in [-0.2, 0) is 25.5 Å². The quantitative estimate of drug-likeness (QED) is 0.174. The third-order valence-corrected chi connectivity index (χ3v) is 7.66. The molecular formula is C39H33IrN3-2. The minimum atomic E-state index is 0. The number of allylic oxidation sites excluding steroid dienone is 5. The molecule has 0 N–H and O–H groups in total. The largest absolute Gasteiger partial charge is 0.305 e. The van der Waals surface area contributed by atoms with Crippen LogP contribution in [0.3, 0.4) is 0 Å². The normalized spacial score (nSPS) is 16.3. The first-order valence-corrected chi connectivity index (χ1v) is 14.4. The number of rotatable bonds is 3. The zero-order valence-corrected chi connectivity index (χ0v) is 26.9. The Balaban J connectivity index is 0.000000168. The van der Waals surface area contributed by atoms with Crippen LogP contribution < -0.4 is 0 Å². The predicted molar refractivity (Wildman–Crippen MR) is 172 cm³/mol. The molecule has 2 aliphatic rings. The molecule has 3 aromatic heterocycles. The average Bonchev–Trinajstić information content (AvgIpc) is 3.05. The molecule has 0 spiro atoms. The average molecular weight is 736 g/mol. The molecule has 3 heterocycles. The summed E-state index contributed by atoms with van der Waals surface area (Å²) in [5, 5.41) is 0. The number of nitrogens with zero attached hydrogens (tertiary/aromatic N) is 3. The van der Waals surface area contributed by atoms with Crippen LogP contribution in [0.15, 0.2) is 128 Å². The summed E-state index contributed by atoms with van der Waals surface area (Å²) < 4.78 is 0. The number of fused-ring (bicyclic) bond motifs is 3. The molecule has 2 aromatic carbocycles. The van der Waals surface area contributed by atoms with E-state index in [0.29, 0.717) is 11.8 Å². The van der Waals surface area contributed by atoms with Crippen molar-refractivity contribution in [3.63, 3.8) is 0 Å². The molecule has 0 bridgehead atoms. The fourth-order valence-corrected chi connectivity index (χ4v) is 5.31. The van der Waals surface area contributed by atoms with E-state index < -0.39 is 0 Å². The maximum Gasteiger partial charge on any atom is 0.0695 e. The van der Waals surface area contributed by atoms with Gasteiger partial charge in [-0.1, -0.05) is 75.4 Å². The van der Waals surface area contributed by atoms with Crippen molar-refractivity contribution in [1.29, 1.82) is 0 Å². The van der Waals surface area contributed by atoms with Gasteiger partial charge in [-0.15, -0.1) is 76.4 Å². The Morgan fingerprint density at radius 3 is 2.14 bits per heavy atom. The van der Waals surface area contributed by atoms with Crippen LogP contribution in [0.4, 0.5) is 0 Å². The van der Waals surface area contributed by atoms with Crippen molar-refractivity contribution >= 4 is 6.08 Å². The fraction of sp³-hybridized carbons (Fsp3) is 0.154. The molecule has 0 saturated carbocycles. The second kappa shape index (κ2) is 13.4. The Labute approximate surface area is 268 Å². The molecule has 43 heavy (non-hydrogen) atoms. The molecule has 0 aliphatic heterocycles. The van der Waals surface area contributed by atoms with Gasteiger partial charge in [0.2, 0.25) is 0 Å². The van der Waals surface area contributed by atoms with Crippen molar-refractivity contribution < 1.29 is 20.1 Å². The Hall–Kier alpha value is -4.24. The van der Waals surface area contributed by atoms with Crippen molar-refractivity contribution in [2.45, 2.75) is 32.1 Å². The molecule has 7 rings (SSSR count). The van der Waals surface area contributed by atoms with Crippen LogP contribution >= 0.6 is 0 Å². The van der Waals surface area contributed by atoms with Crippen molar-refractivity contribution in [2.24, 2.45) is 5.92 Å². The molecule has 2 aliphatic carbocycles. The summed E-state index contributed by atoms with van der Waals surface area (Å²) in [6.45, 7) is 6.64. The fourth-order valence-electron chi connectivity index (χ4n) is 5.31. The minimum absolute atomic E-state index is 0. The van der Waals surface area contributed by atoms with Crippen molar-refractivity contribution in [1.82, 2.24) is 15.0 Å². The van der Waals surface area contributed by atoms with E-state index in [1.807, 2.05) is 67.1 Å². The maximum atomic E-state index is 4.50. The summed E-state index contributed by atoms with van der Waals surface area (Å²) in [6.07, 6.45) is 18.8. The van der Waals surface area contributed by atoms with Crippen LogP contribution in [-0.4, -0.2) is 15.0 Å². The van der Waals surface area contributed by atoms with Crippen molar-refractivity contribution in [3.05, 3.63) is 157 Å². The van der Waals surface area contributed by atoms with E-state index in [-0.39, 0.29) is 25.5 Å². The molecule has 0 amide bonds. The molecule has 0 fully saturated rings. The molecule has 1 radical (unpaired) electrons. The van der Waals surface area contributed by atoms with Crippen LogP contribution in [0.1, 0.15) is 43.4 Å². The topological polar surface area (TPSA) is 38.7 Å².